The van der Waals surface area contributed by atoms with Crippen molar-refractivity contribution in [3.63, 3.8) is 0 Å². The van der Waals surface area contributed by atoms with Gasteiger partial charge in [-0.1, -0.05) is 13.3 Å². The lowest BCUT2D eigenvalue weighted by molar-refractivity contribution is -0.149. The Bertz CT molecular complexity index is 504. The summed E-state index contributed by atoms with van der Waals surface area (Å²) in [6, 6.07) is 2.87. The van der Waals surface area contributed by atoms with Gasteiger partial charge in [0.1, 0.15) is 12.1 Å². The van der Waals surface area contributed by atoms with Gasteiger partial charge in [0.15, 0.2) is 0 Å². The minimum absolute atomic E-state index is 0.0244. The van der Waals surface area contributed by atoms with E-state index in [4.69, 9.17) is 0 Å². The Kier molecular flexibility index (Phi) is 4.75. The molecule has 0 saturated carbocycles. The summed E-state index contributed by atoms with van der Waals surface area (Å²) in [5.74, 6) is -0.121. The van der Waals surface area contributed by atoms with Crippen LogP contribution in [-0.4, -0.2) is 33.8 Å². The van der Waals surface area contributed by atoms with E-state index in [0.29, 0.717) is 13.0 Å². The third kappa shape index (κ3) is 3.17. The molecule has 2 heterocycles. The molecular weight excluding hydrogens is 322 g/mol. The number of hydrogen-bond donors (Lipinski definition) is 1. The third-order valence-corrected chi connectivity index (χ3v) is 3.91. The Morgan fingerprint density at radius 1 is 1.40 bits per heavy atom. The Hall–Kier alpha value is -1.43. The van der Waals surface area contributed by atoms with E-state index in [1.807, 2.05) is 19.1 Å². The van der Waals surface area contributed by atoms with Crippen molar-refractivity contribution in [2.45, 2.75) is 45.3 Å². The maximum Gasteiger partial charge on any atom is 0.246 e. The van der Waals surface area contributed by atoms with Crippen LogP contribution in [0.3, 0.4) is 0 Å². The van der Waals surface area contributed by atoms with Crippen LogP contribution in [0.25, 0.3) is 0 Å². The first-order valence-electron chi connectivity index (χ1n) is 6.74. The molecule has 0 radical (unpaired) electrons. The van der Waals surface area contributed by atoms with Gasteiger partial charge in [-0.05, 0) is 41.4 Å². The fraction of sp³-hybridized carbons (Fsp3) is 0.500. The number of carbonyl (C=O) groups is 2. The Labute approximate surface area is 126 Å². The highest BCUT2D eigenvalue weighted by Gasteiger charge is 2.37. The number of aromatic nitrogens is 1. The highest BCUT2D eigenvalue weighted by Crippen LogP contribution is 2.17. The molecule has 2 atom stereocenters. The number of carbonyl (C=O) groups excluding carboxylic acids is 2. The molecule has 1 aliphatic rings. The molecular formula is C14H18BrN3O2. The molecule has 1 saturated heterocycles. The predicted molar refractivity (Wildman–Crippen MR) is 78.8 cm³/mol. The molecule has 1 aliphatic heterocycles. The summed E-state index contributed by atoms with van der Waals surface area (Å²) in [7, 11) is 0. The molecule has 2 unspecified atom stereocenters. The summed E-state index contributed by atoms with van der Waals surface area (Å²) in [4.78, 5) is 30.2. The van der Waals surface area contributed by atoms with Gasteiger partial charge in [0.05, 0.1) is 12.2 Å². The number of amides is 2. The second kappa shape index (κ2) is 6.35. The zero-order chi connectivity index (χ0) is 14.7. The zero-order valence-corrected chi connectivity index (χ0v) is 13.2. The fourth-order valence-corrected chi connectivity index (χ4v) is 2.49. The maximum absolute atomic E-state index is 12.4. The predicted octanol–water partition coefficient (Wildman–Crippen LogP) is 1.86. The largest absolute Gasteiger partial charge is 0.343 e. The van der Waals surface area contributed by atoms with Crippen LogP contribution >= 0.6 is 15.9 Å². The van der Waals surface area contributed by atoms with Crippen molar-refractivity contribution in [2.75, 3.05) is 0 Å². The van der Waals surface area contributed by atoms with Crippen LogP contribution in [0, 0.1) is 0 Å². The SMILES string of the molecule is CCCC1NC(=O)C(C)N(Cc2ccc(Br)cn2)C1=O. The van der Waals surface area contributed by atoms with Crippen LogP contribution in [0.2, 0.25) is 0 Å². The van der Waals surface area contributed by atoms with E-state index in [1.165, 1.54) is 0 Å². The van der Waals surface area contributed by atoms with Crippen molar-refractivity contribution in [1.29, 1.82) is 0 Å². The van der Waals surface area contributed by atoms with Crippen LogP contribution in [0.4, 0.5) is 0 Å². The highest BCUT2D eigenvalue weighted by molar-refractivity contribution is 9.10. The molecule has 108 valence electrons. The summed E-state index contributed by atoms with van der Waals surface area (Å²) in [5.41, 5.74) is 0.776. The van der Waals surface area contributed by atoms with Gasteiger partial charge in [-0.15, -0.1) is 0 Å². The Morgan fingerprint density at radius 3 is 2.75 bits per heavy atom. The van der Waals surface area contributed by atoms with E-state index in [0.717, 1.165) is 16.6 Å². The molecule has 2 rings (SSSR count). The Balaban J connectivity index is 2.16. The molecule has 1 N–H and O–H groups in total. The van der Waals surface area contributed by atoms with Gasteiger partial charge >= 0.3 is 0 Å². The molecule has 6 heteroatoms. The standard InChI is InChI=1S/C14H18BrN3O2/c1-3-4-12-14(20)18(9(2)13(19)17-12)8-11-6-5-10(15)7-16-11/h5-7,9,12H,3-4,8H2,1-2H3,(H,17,19). The number of piperazine rings is 1. The molecule has 1 fully saturated rings. The van der Waals surface area contributed by atoms with Crippen LogP contribution in [0.1, 0.15) is 32.4 Å². The number of nitrogens with one attached hydrogen (secondary N) is 1. The summed E-state index contributed by atoms with van der Waals surface area (Å²) < 4.78 is 0.890. The fourth-order valence-electron chi connectivity index (χ4n) is 2.26. The van der Waals surface area contributed by atoms with Gasteiger partial charge in [-0.25, -0.2) is 0 Å². The minimum Gasteiger partial charge on any atom is -0.343 e. The number of rotatable bonds is 4. The second-order valence-corrected chi connectivity index (χ2v) is 5.88. The smallest absolute Gasteiger partial charge is 0.246 e. The first kappa shape index (κ1) is 15.0. The van der Waals surface area contributed by atoms with Gasteiger partial charge in [0, 0.05) is 10.7 Å². The van der Waals surface area contributed by atoms with Crippen molar-refractivity contribution in [3.05, 3.63) is 28.5 Å². The first-order chi connectivity index (χ1) is 9.52. The van der Waals surface area contributed by atoms with Crippen molar-refractivity contribution in [3.8, 4) is 0 Å². The highest BCUT2D eigenvalue weighted by atomic mass is 79.9. The molecule has 0 aliphatic carbocycles. The Morgan fingerprint density at radius 2 is 2.15 bits per heavy atom. The average molecular weight is 340 g/mol. The maximum atomic E-state index is 12.4. The topological polar surface area (TPSA) is 62.3 Å². The van der Waals surface area contributed by atoms with E-state index in [2.05, 4.69) is 26.2 Å². The average Bonchev–Trinajstić information content (AvgIpc) is 2.43. The van der Waals surface area contributed by atoms with Gasteiger partial charge < -0.3 is 10.2 Å². The lowest BCUT2D eigenvalue weighted by atomic mass is 10.0. The summed E-state index contributed by atoms with van der Waals surface area (Å²) in [6.07, 6.45) is 3.22. The van der Waals surface area contributed by atoms with Crippen molar-refractivity contribution < 1.29 is 9.59 Å². The number of pyridine rings is 1. The second-order valence-electron chi connectivity index (χ2n) is 4.96. The molecule has 5 nitrogen and oxygen atoms in total. The van der Waals surface area contributed by atoms with Crippen molar-refractivity contribution in [1.82, 2.24) is 15.2 Å². The lowest BCUT2D eigenvalue weighted by Crippen LogP contribution is -2.61. The van der Waals surface area contributed by atoms with Crippen molar-refractivity contribution >= 4 is 27.7 Å². The van der Waals surface area contributed by atoms with E-state index in [1.54, 1.807) is 18.0 Å². The molecule has 1 aromatic heterocycles. The summed E-state index contributed by atoms with van der Waals surface area (Å²) in [6.45, 7) is 4.10. The summed E-state index contributed by atoms with van der Waals surface area (Å²) >= 11 is 3.33. The normalized spacial score (nSPS) is 22.9. The van der Waals surface area contributed by atoms with Crippen molar-refractivity contribution in [2.24, 2.45) is 0 Å². The van der Waals surface area contributed by atoms with Gasteiger partial charge in [-0.3, -0.25) is 14.6 Å². The van der Waals surface area contributed by atoms with E-state index in [9.17, 15) is 9.59 Å². The number of halogens is 1. The van der Waals surface area contributed by atoms with Gasteiger partial charge in [0.25, 0.3) is 0 Å². The molecule has 1 aromatic rings. The molecule has 0 aromatic carbocycles. The minimum atomic E-state index is -0.457. The zero-order valence-electron chi connectivity index (χ0n) is 11.6. The van der Waals surface area contributed by atoms with E-state index in [-0.39, 0.29) is 11.8 Å². The first-order valence-corrected chi connectivity index (χ1v) is 7.53. The molecule has 0 spiro atoms. The van der Waals surface area contributed by atoms with E-state index >= 15 is 0 Å². The lowest BCUT2D eigenvalue weighted by Gasteiger charge is -2.37. The summed E-state index contributed by atoms with van der Waals surface area (Å²) in [5, 5.41) is 2.78. The molecule has 2 amide bonds. The van der Waals surface area contributed by atoms with Crippen LogP contribution < -0.4 is 5.32 Å². The van der Waals surface area contributed by atoms with Crippen LogP contribution in [0.5, 0.6) is 0 Å². The monoisotopic (exact) mass is 339 g/mol. The quantitative estimate of drug-likeness (QED) is 0.910. The molecule has 20 heavy (non-hydrogen) atoms. The molecule has 0 bridgehead atoms. The third-order valence-electron chi connectivity index (χ3n) is 3.44. The number of hydrogen-bond acceptors (Lipinski definition) is 3. The van der Waals surface area contributed by atoms with Gasteiger partial charge in [-0.2, -0.15) is 0 Å². The van der Waals surface area contributed by atoms with Crippen LogP contribution in [0.15, 0.2) is 22.8 Å². The van der Waals surface area contributed by atoms with Gasteiger partial charge in [0.2, 0.25) is 11.8 Å². The van der Waals surface area contributed by atoms with Crippen LogP contribution in [-0.2, 0) is 16.1 Å². The van der Waals surface area contributed by atoms with E-state index < -0.39 is 12.1 Å². The number of nitrogens with zero attached hydrogens (tertiary/aromatic N) is 2.